The lowest BCUT2D eigenvalue weighted by molar-refractivity contribution is 0.00854. The zero-order valence-corrected chi connectivity index (χ0v) is 18.5. The number of halogens is 1. The van der Waals surface area contributed by atoms with Crippen LogP contribution in [0.3, 0.4) is 0 Å². The topological polar surface area (TPSA) is 87.4 Å². The van der Waals surface area contributed by atoms with Crippen molar-refractivity contribution in [2.45, 2.75) is 82.9 Å². The maximum atomic E-state index is 10.7. The number of fused-ring (bicyclic) bond motifs is 1. The van der Waals surface area contributed by atoms with Crippen LogP contribution in [0.5, 0.6) is 0 Å². The van der Waals surface area contributed by atoms with Gasteiger partial charge in [0.25, 0.3) is 0 Å². The first-order valence-electron chi connectivity index (χ1n) is 9.62. The van der Waals surface area contributed by atoms with Crippen LogP contribution in [-0.2, 0) is 13.0 Å². The number of hydrogen-bond acceptors (Lipinski definition) is 4. The van der Waals surface area contributed by atoms with Crippen molar-refractivity contribution in [1.82, 2.24) is 25.4 Å². The molecule has 1 aromatic rings. The number of aryl methyl sites for hydroxylation is 1. The number of aromatic nitrogens is 3. The van der Waals surface area contributed by atoms with Gasteiger partial charge in [-0.2, -0.15) is 0 Å². The highest BCUT2D eigenvalue weighted by Gasteiger charge is 2.30. The summed E-state index contributed by atoms with van der Waals surface area (Å²) in [6.07, 6.45) is 7.16. The molecule has 1 fully saturated rings. The van der Waals surface area contributed by atoms with E-state index in [-0.39, 0.29) is 24.0 Å². The highest BCUT2D eigenvalue weighted by Crippen LogP contribution is 2.27. The lowest BCUT2D eigenvalue weighted by atomic mass is 9.85. The summed E-state index contributed by atoms with van der Waals surface area (Å²) in [4.78, 5) is 4.34. The molecule has 1 saturated carbocycles. The monoisotopic (exact) mass is 476 g/mol. The largest absolute Gasteiger partial charge is 0.388 e. The maximum Gasteiger partial charge on any atom is 0.191 e. The Labute approximate surface area is 173 Å². The molecule has 3 N–H and O–H groups in total. The van der Waals surface area contributed by atoms with Crippen LogP contribution < -0.4 is 10.6 Å². The Morgan fingerprint density at radius 2 is 2.04 bits per heavy atom. The van der Waals surface area contributed by atoms with Gasteiger partial charge in [0.15, 0.2) is 5.96 Å². The number of nitrogens with zero attached hydrogens (tertiary/aromatic N) is 4. The number of rotatable bonds is 4. The van der Waals surface area contributed by atoms with Crippen LogP contribution in [0.15, 0.2) is 4.99 Å². The summed E-state index contributed by atoms with van der Waals surface area (Å²) in [5.74, 6) is 3.28. The minimum absolute atomic E-state index is 0. The SMILES string of the molecule is CN=C(NCC1(O)CCCCC1)NC1CCc2nnc(C(C)C)n2C1.I. The van der Waals surface area contributed by atoms with Crippen molar-refractivity contribution in [2.75, 3.05) is 13.6 Å². The third-order valence-corrected chi connectivity index (χ3v) is 5.43. The molecular weight excluding hydrogens is 443 g/mol. The Hall–Kier alpha value is -0.900. The number of hydrogen-bond donors (Lipinski definition) is 3. The van der Waals surface area contributed by atoms with Crippen molar-refractivity contribution < 1.29 is 5.11 Å². The van der Waals surface area contributed by atoms with Crippen LogP contribution in [0, 0.1) is 0 Å². The van der Waals surface area contributed by atoms with E-state index in [1.165, 1.54) is 6.42 Å². The first-order chi connectivity index (χ1) is 12.0. The van der Waals surface area contributed by atoms with E-state index >= 15 is 0 Å². The molecule has 0 saturated heterocycles. The lowest BCUT2D eigenvalue weighted by Crippen LogP contribution is -2.51. The highest BCUT2D eigenvalue weighted by atomic mass is 127. The Morgan fingerprint density at radius 3 is 2.69 bits per heavy atom. The molecule has 7 nitrogen and oxygen atoms in total. The predicted octanol–water partition coefficient (Wildman–Crippen LogP) is 2.19. The average molecular weight is 476 g/mol. The number of aliphatic imine (C=N–C) groups is 1. The predicted molar refractivity (Wildman–Crippen MR) is 114 cm³/mol. The molecule has 1 atom stereocenters. The molecule has 1 aliphatic carbocycles. The first-order valence-corrected chi connectivity index (χ1v) is 9.62. The van der Waals surface area contributed by atoms with Crippen LogP contribution in [0.4, 0.5) is 0 Å². The minimum atomic E-state index is -0.589. The van der Waals surface area contributed by atoms with Gasteiger partial charge in [0.05, 0.1) is 5.60 Å². The van der Waals surface area contributed by atoms with E-state index in [0.717, 1.165) is 62.7 Å². The van der Waals surface area contributed by atoms with Gasteiger partial charge in [0, 0.05) is 38.5 Å². The molecular formula is C18H33IN6O. The molecule has 2 aliphatic rings. The van der Waals surface area contributed by atoms with Gasteiger partial charge in [-0.25, -0.2) is 0 Å². The van der Waals surface area contributed by atoms with Crippen LogP contribution in [0.25, 0.3) is 0 Å². The molecule has 8 heteroatoms. The highest BCUT2D eigenvalue weighted by molar-refractivity contribution is 14.0. The normalized spacial score (nSPS) is 22.5. The smallest absolute Gasteiger partial charge is 0.191 e. The molecule has 1 unspecified atom stereocenters. The average Bonchev–Trinajstić information content (AvgIpc) is 3.02. The second-order valence-corrected chi connectivity index (χ2v) is 7.83. The zero-order valence-electron chi connectivity index (χ0n) is 16.2. The minimum Gasteiger partial charge on any atom is -0.388 e. The van der Waals surface area contributed by atoms with Crippen LogP contribution >= 0.6 is 24.0 Å². The fraction of sp³-hybridized carbons (Fsp3) is 0.833. The summed E-state index contributed by atoms with van der Waals surface area (Å²) in [5, 5.41) is 26.2. The van der Waals surface area contributed by atoms with Crippen molar-refractivity contribution in [1.29, 1.82) is 0 Å². The van der Waals surface area contributed by atoms with E-state index in [0.29, 0.717) is 18.5 Å². The summed E-state index contributed by atoms with van der Waals surface area (Å²) in [5.41, 5.74) is -0.589. The van der Waals surface area contributed by atoms with Gasteiger partial charge in [-0.1, -0.05) is 33.1 Å². The van der Waals surface area contributed by atoms with Gasteiger partial charge in [0.2, 0.25) is 0 Å². The van der Waals surface area contributed by atoms with E-state index in [1.807, 2.05) is 0 Å². The first kappa shape index (κ1) is 21.4. The summed E-state index contributed by atoms with van der Waals surface area (Å²) in [7, 11) is 1.78. The summed E-state index contributed by atoms with van der Waals surface area (Å²) >= 11 is 0. The molecule has 0 radical (unpaired) electrons. The second kappa shape index (κ2) is 9.34. The molecule has 0 bridgehead atoms. The van der Waals surface area contributed by atoms with Crippen LogP contribution in [-0.4, -0.2) is 51.1 Å². The third-order valence-electron chi connectivity index (χ3n) is 5.43. The van der Waals surface area contributed by atoms with Crippen molar-refractivity contribution in [3.05, 3.63) is 11.6 Å². The second-order valence-electron chi connectivity index (χ2n) is 7.83. The van der Waals surface area contributed by atoms with Gasteiger partial charge in [-0.3, -0.25) is 4.99 Å². The van der Waals surface area contributed by atoms with E-state index in [1.54, 1.807) is 7.05 Å². The Morgan fingerprint density at radius 1 is 1.31 bits per heavy atom. The number of aliphatic hydroxyl groups is 1. The molecule has 26 heavy (non-hydrogen) atoms. The van der Waals surface area contributed by atoms with Gasteiger partial charge in [0.1, 0.15) is 11.6 Å². The van der Waals surface area contributed by atoms with Gasteiger partial charge < -0.3 is 20.3 Å². The Bertz CT molecular complexity index is 609. The van der Waals surface area contributed by atoms with E-state index in [2.05, 4.69) is 44.2 Å². The zero-order chi connectivity index (χ0) is 17.9. The van der Waals surface area contributed by atoms with Gasteiger partial charge >= 0.3 is 0 Å². The molecule has 2 heterocycles. The van der Waals surface area contributed by atoms with E-state index in [4.69, 9.17) is 0 Å². The summed E-state index contributed by atoms with van der Waals surface area (Å²) < 4.78 is 2.24. The molecule has 1 aromatic heterocycles. The van der Waals surface area contributed by atoms with Crippen molar-refractivity contribution >= 4 is 29.9 Å². The van der Waals surface area contributed by atoms with E-state index < -0.39 is 5.60 Å². The Kier molecular flexibility index (Phi) is 7.69. The summed E-state index contributed by atoms with van der Waals surface area (Å²) in [6.45, 7) is 5.73. The Balaban J connectivity index is 0.00000243. The molecule has 0 aromatic carbocycles. The van der Waals surface area contributed by atoms with Gasteiger partial charge in [-0.05, 0) is 19.3 Å². The molecule has 3 rings (SSSR count). The third kappa shape index (κ3) is 5.09. The van der Waals surface area contributed by atoms with Crippen LogP contribution in [0.2, 0.25) is 0 Å². The molecule has 1 aliphatic heterocycles. The molecule has 0 amide bonds. The standard InChI is InChI=1S/C18H32N6O.HI/c1-13(2)16-23-22-15-8-7-14(11-24(15)16)21-17(19-3)20-12-18(25)9-5-4-6-10-18;/h13-14,25H,4-12H2,1-3H3,(H2,19,20,21);1H. The van der Waals surface area contributed by atoms with Gasteiger partial charge in [-0.15, -0.1) is 34.2 Å². The number of guanidine groups is 1. The molecule has 148 valence electrons. The quantitative estimate of drug-likeness (QED) is 0.353. The maximum absolute atomic E-state index is 10.7. The van der Waals surface area contributed by atoms with Crippen LogP contribution in [0.1, 0.15) is 69.9 Å². The fourth-order valence-corrected chi connectivity index (χ4v) is 3.92. The van der Waals surface area contributed by atoms with Crippen molar-refractivity contribution in [2.24, 2.45) is 4.99 Å². The van der Waals surface area contributed by atoms with E-state index in [9.17, 15) is 5.11 Å². The lowest BCUT2D eigenvalue weighted by Gasteiger charge is -2.33. The van der Waals surface area contributed by atoms with Crippen molar-refractivity contribution in [3.63, 3.8) is 0 Å². The number of nitrogens with one attached hydrogen (secondary N) is 2. The molecule has 0 spiro atoms. The summed E-state index contributed by atoms with van der Waals surface area (Å²) in [6, 6.07) is 0.299. The fourth-order valence-electron chi connectivity index (χ4n) is 3.92. The van der Waals surface area contributed by atoms with Crippen molar-refractivity contribution in [3.8, 4) is 0 Å².